The molecule has 0 bridgehead atoms. The van der Waals surface area contributed by atoms with Gasteiger partial charge in [0.25, 0.3) is 0 Å². The lowest BCUT2D eigenvalue weighted by Gasteiger charge is -2.05. The highest BCUT2D eigenvalue weighted by Gasteiger charge is 2.05. The molecule has 0 aliphatic heterocycles. The van der Waals surface area contributed by atoms with Gasteiger partial charge in [0.2, 0.25) is 0 Å². The van der Waals surface area contributed by atoms with Crippen molar-refractivity contribution in [1.29, 1.82) is 0 Å². The minimum Gasteiger partial charge on any atom is -0.480 e. The summed E-state index contributed by atoms with van der Waals surface area (Å²) in [5.74, 6) is -1.64. The van der Waals surface area contributed by atoms with Crippen LogP contribution in [0.4, 0.5) is 0 Å². The number of ether oxygens (including phenoxy) is 2. The lowest BCUT2D eigenvalue weighted by molar-refractivity contribution is -0.152. The summed E-state index contributed by atoms with van der Waals surface area (Å²) in [6.07, 6.45) is 21.0. The number of rotatable bonds is 19. The molecule has 0 heterocycles. The molecule has 0 saturated heterocycles. The first kappa shape index (κ1) is 32.6. The highest BCUT2D eigenvalue weighted by atomic mass is 16.6. The summed E-state index contributed by atoms with van der Waals surface area (Å²) < 4.78 is 9.75. The fourth-order valence-electron chi connectivity index (χ4n) is 3.34. The Hall–Kier alpha value is -2.40. The molecule has 0 aromatic carbocycles. The number of unbranched alkanes of at least 4 members (excludes halogenated alkanes) is 1. The molecule has 0 spiro atoms. The van der Waals surface area contributed by atoms with Gasteiger partial charge in [-0.2, -0.15) is 0 Å². The van der Waals surface area contributed by atoms with Gasteiger partial charge in [-0.15, -0.1) is 0 Å². The van der Waals surface area contributed by atoms with E-state index >= 15 is 0 Å². The molecular formula is C30H48O5. The Balaban J connectivity index is 4.02. The molecule has 198 valence electrons. The molecular weight excluding hydrogens is 440 g/mol. The molecule has 0 amide bonds. The molecule has 0 fully saturated rings. The predicted molar refractivity (Wildman–Crippen MR) is 145 cm³/mol. The number of carbonyl (C=O) groups excluding carboxylic acids is 1. The maximum absolute atomic E-state index is 11.4. The second-order valence-electron chi connectivity index (χ2n) is 9.53. The van der Waals surface area contributed by atoms with Crippen molar-refractivity contribution in [3.8, 4) is 0 Å². The van der Waals surface area contributed by atoms with Gasteiger partial charge in [0.05, 0.1) is 6.61 Å². The van der Waals surface area contributed by atoms with Crippen molar-refractivity contribution in [2.75, 3.05) is 19.8 Å². The summed E-state index contributed by atoms with van der Waals surface area (Å²) in [6.45, 7) is 12.4. The van der Waals surface area contributed by atoms with Gasteiger partial charge in [-0.3, -0.25) is 0 Å². The topological polar surface area (TPSA) is 72.8 Å². The van der Waals surface area contributed by atoms with Gasteiger partial charge in [0.15, 0.2) is 0 Å². The summed E-state index contributed by atoms with van der Waals surface area (Å²) in [5.41, 5.74) is 6.93. The van der Waals surface area contributed by atoms with Crippen LogP contribution in [-0.4, -0.2) is 36.9 Å². The van der Waals surface area contributed by atoms with Crippen LogP contribution in [-0.2, 0) is 19.1 Å². The van der Waals surface area contributed by atoms with Gasteiger partial charge in [0.1, 0.15) is 13.2 Å². The van der Waals surface area contributed by atoms with Gasteiger partial charge in [-0.05, 0) is 92.9 Å². The molecule has 0 unspecified atom stereocenters. The zero-order valence-corrected chi connectivity index (χ0v) is 23.0. The quantitative estimate of drug-likeness (QED) is 0.114. The molecule has 0 rings (SSSR count). The minimum absolute atomic E-state index is 0.281. The SMILES string of the molecule is CC(C)=CCCC(C)=CCCC(C)=CCCC=C(C)CCC=C(C)CCOC(=O)COCC(=O)O. The number of carboxylic acid groups (broad SMARTS) is 1. The summed E-state index contributed by atoms with van der Waals surface area (Å²) in [6, 6.07) is 0. The van der Waals surface area contributed by atoms with E-state index in [1.54, 1.807) is 0 Å². The van der Waals surface area contributed by atoms with Crippen molar-refractivity contribution < 1.29 is 24.2 Å². The first-order valence-corrected chi connectivity index (χ1v) is 12.8. The Bertz CT molecular complexity index is 777. The predicted octanol–water partition coefficient (Wildman–Crippen LogP) is 7.89. The van der Waals surface area contributed by atoms with Gasteiger partial charge >= 0.3 is 11.9 Å². The second kappa shape index (κ2) is 20.9. The maximum Gasteiger partial charge on any atom is 0.332 e. The molecule has 0 aromatic rings. The summed E-state index contributed by atoms with van der Waals surface area (Å²) in [7, 11) is 0. The number of carbonyl (C=O) groups is 2. The van der Waals surface area contributed by atoms with Crippen LogP contribution in [0.2, 0.25) is 0 Å². The second-order valence-corrected chi connectivity index (χ2v) is 9.53. The summed E-state index contributed by atoms with van der Waals surface area (Å²) >= 11 is 0. The van der Waals surface area contributed by atoms with Crippen LogP contribution in [0.5, 0.6) is 0 Å². The van der Waals surface area contributed by atoms with Crippen molar-refractivity contribution in [1.82, 2.24) is 0 Å². The first-order chi connectivity index (χ1) is 16.6. The normalized spacial score (nSPS) is 13.1. The monoisotopic (exact) mass is 488 g/mol. The molecule has 5 nitrogen and oxygen atoms in total. The van der Waals surface area contributed by atoms with Crippen molar-refractivity contribution in [3.63, 3.8) is 0 Å². The van der Waals surface area contributed by atoms with E-state index in [2.05, 4.69) is 65.0 Å². The fraction of sp³-hybridized carbons (Fsp3) is 0.600. The zero-order valence-electron chi connectivity index (χ0n) is 23.0. The van der Waals surface area contributed by atoms with Crippen LogP contribution in [0.1, 0.15) is 99.3 Å². The Kier molecular flexibility index (Phi) is 19.5. The number of aliphatic carboxylic acids is 1. The first-order valence-electron chi connectivity index (χ1n) is 12.8. The Morgan fingerprint density at radius 1 is 0.600 bits per heavy atom. The van der Waals surface area contributed by atoms with E-state index in [1.807, 2.05) is 6.92 Å². The van der Waals surface area contributed by atoms with Gasteiger partial charge < -0.3 is 14.6 Å². The third kappa shape index (κ3) is 23.1. The molecule has 0 atom stereocenters. The summed E-state index contributed by atoms with van der Waals surface area (Å²) in [5, 5.41) is 8.46. The lowest BCUT2D eigenvalue weighted by Crippen LogP contribution is -2.17. The molecule has 0 saturated carbocycles. The van der Waals surface area contributed by atoms with E-state index in [1.165, 1.54) is 27.9 Å². The average molecular weight is 489 g/mol. The molecule has 0 aromatic heterocycles. The van der Waals surface area contributed by atoms with Crippen LogP contribution in [0.25, 0.3) is 0 Å². The molecule has 5 heteroatoms. The number of carboxylic acids is 1. The maximum atomic E-state index is 11.4. The number of esters is 1. The van der Waals surface area contributed by atoms with Crippen molar-refractivity contribution in [2.24, 2.45) is 0 Å². The minimum atomic E-state index is -1.10. The van der Waals surface area contributed by atoms with Gasteiger partial charge in [-0.25, -0.2) is 9.59 Å². The Morgan fingerprint density at radius 3 is 1.49 bits per heavy atom. The van der Waals surface area contributed by atoms with E-state index in [0.29, 0.717) is 6.42 Å². The summed E-state index contributed by atoms with van der Waals surface area (Å²) in [4.78, 5) is 21.8. The third-order valence-electron chi connectivity index (χ3n) is 5.51. The highest BCUT2D eigenvalue weighted by molar-refractivity contribution is 5.72. The van der Waals surface area contributed by atoms with Crippen LogP contribution in [0.15, 0.2) is 58.2 Å². The van der Waals surface area contributed by atoms with E-state index < -0.39 is 18.5 Å². The molecule has 0 aliphatic rings. The zero-order chi connectivity index (χ0) is 26.5. The van der Waals surface area contributed by atoms with Crippen LogP contribution in [0, 0.1) is 0 Å². The van der Waals surface area contributed by atoms with Crippen molar-refractivity contribution >= 4 is 11.9 Å². The largest absolute Gasteiger partial charge is 0.480 e. The van der Waals surface area contributed by atoms with Crippen molar-refractivity contribution in [3.05, 3.63) is 58.2 Å². The van der Waals surface area contributed by atoms with Crippen LogP contribution < -0.4 is 0 Å². The number of allylic oxidation sites excluding steroid dienone is 9. The molecule has 1 N–H and O–H groups in total. The average Bonchev–Trinajstić information content (AvgIpc) is 2.76. The fourth-order valence-corrected chi connectivity index (χ4v) is 3.34. The van der Waals surface area contributed by atoms with E-state index in [9.17, 15) is 9.59 Å². The molecule has 0 radical (unpaired) electrons. The molecule has 35 heavy (non-hydrogen) atoms. The van der Waals surface area contributed by atoms with Gasteiger partial charge in [0, 0.05) is 6.42 Å². The Morgan fingerprint density at radius 2 is 1.03 bits per heavy atom. The Labute approximate surface area is 213 Å². The van der Waals surface area contributed by atoms with E-state index in [-0.39, 0.29) is 13.2 Å². The van der Waals surface area contributed by atoms with Crippen LogP contribution in [0.3, 0.4) is 0 Å². The van der Waals surface area contributed by atoms with E-state index in [0.717, 1.165) is 51.4 Å². The van der Waals surface area contributed by atoms with E-state index in [4.69, 9.17) is 14.6 Å². The van der Waals surface area contributed by atoms with Crippen molar-refractivity contribution in [2.45, 2.75) is 99.3 Å². The number of hydrogen-bond donors (Lipinski definition) is 1. The van der Waals surface area contributed by atoms with Crippen LogP contribution >= 0.6 is 0 Å². The standard InChI is InChI=1S/C30H48O5/c1-24(2)12-9-15-27(5)18-10-16-25(3)13-7-8-14-26(4)17-11-19-28(6)20-21-35-30(33)23-34-22-29(31)32/h12-14,18-19H,7-11,15-17,20-23H2,1-6H3,(H,31,32). The highest BCUT2D eigenvalue weighted by Crippen LogP contribution is 2.14. The third-order valence-corrected chi connectivity index (χ3v) is 5.51. The number of hydrogen-bond acceptors (Lipinski definition) is 4. The van der Waals surface area contributed by atoms with Gasteiger partial charge in [-0.1, -0.05) is 58.2 Å². The lowest BCUT2D eigenvalue weighted by atomic mass is 10.0. The smallest absolute Gasteiger partial charge is 0.332 e. The molecule has 0 aliphatic carbocycles.